The molecule has 1 aliphatic rings. The SMILES string of the molecule is COc1ccc(C)cc1NC(=O)N1CCC(C(N)=O)CC1. The third-order valence-corrected chi connectivity index (χ3v) is 3.78. The van der Waals surface area contributed by atoms with Crippen LogP contribution in [0.3, 0.4) is 0 Å². The fourth-order valence-electron chi connectivity index (χ4n) is 2.48. The first kappa shape index (κ1) is 15.2. The number of benzene rings is 1. The van der Waals surface area contributed by atoms with Crippen LogP contribution in [0, 0.1) is 12.8 Å². The number of urea groups is 1. The van der Waals surface area contributed by atoms with Gasteiger partial charge in [0.15, 0.2) is 0 Å². The van der Waals surface area contributed by atoms with Gasteiger partial charge in [-0.15, -0.1) is 0 Å². The largest absolute Gasteiger partial charge is 0.495 e. The van der Waals surface area contributed by atoms with Crippen molar-refractivity contribution in [3.8, 4) is 5.75 Å². The number of methoxy groups -OCH3 is 1. The topological polar surface area (TPSA) is 84.7 Å². The van der Waals surface area contributed by atoms with Gasteiger partial charge in [0.05, 0.1) is 12.8 Å². The lowest BCUT2D eigenvalue weighted by Gasteiger charge is -2.30. The van der Waals surface area contributed by atoms with Crippen LogP contribution < -0.4 is 15.8 Å². The predicted molar refractivity (Wildman–Crippen MR) is 80.2 cm³/mol. The van der Waals surface area contributed by atoms with Gasteiger partial charge >= 0.3 is 6.03 Å². The smallest absolute Gasteiger partial charge is 0.321 e. The Labute approximate surface area is 124 Å². The van der Waals surface area contributed by atoms with Crippen LogP contribution in [0.1, 0.15) is 18.4 Å². The highest BCUT2D eigenvalue weighted by Gasteiger charge is 2.26. The molecule has 3 amide bonds. The number of carbonyl (C=O) groups excluding carboxylic acids is 2. The van der Waals surface area contributed by atoms with Crippen molar-refractivity contribution >= 4 is 17.6 Å². The maximum atomic E-state index is 12.3. The van der Waals surface area contributed by atoms with Crippen molar-refractivity contribution in [3.05, 3.63) is 23.8 Å². The normalized spacial score (nSPS) is 15.6. The molecule has 1 heterocycles. The zero-order chi connectivity index (χ0) is 15.4. The summed E-state index contributed by atoms with van der Waals surface area (Å²) in [6, 6.07) is 5.44. The molecule has 3 N–H and O–H groups in total. The van der Waals surface area contributed by atoms with E-state index in [-0.39, 0.29) is 17.9 Å². The highest BCUT2D eigenvalue weighted by Crippen LogP contribution is 2.26. The van der Waals surface area contributed by atoms with Crippen LogP contribution in [0.15, 0.2) is 18.2 Å². The molecule has 0 saturated carbocycles. The third kappa shape index (κ3) is 3.65. The van der Waals surface area contributed by atoms with Gasteiger partial charge in [-0.2, -0.15) is 0 Å². The number of likely N-dealkylation sites (tertiary alicyclic amines) is 1. The van der Waals surface area contributed by atoms with Gasteiger partial charge in [-0.05, 0) is 37.5 Å². The van der Waals surface area contributed by atoms with Gasteiger partial charge in [0, 0.05) is 19.0 Å². The van der Waals surface area contributed by atoms with Crippen LogP contribution in [-0.2, 0) is 4.79 Å². The van der Waals surface area contributed by atoms with E-state index in [9.17, 15) is 9.59 Å². The standard InChI is InChI=1S/C15H21N3O3/c1-10-3-4-13(21-2)12(9-10)17-15(20)18-7-5-11(6-8-18)14(16)19/h3-4,9,11H,5-8H2,1-2H3,(H2,16,19)(H,17,20). The zero-order valence-electron chi connectivity index (χ0n) is 12.4. The van der Waals surface area contributed by atoms with Gasteiger partial charge in [-0.3, -0.25) is 4.79 Å². The first-order chi connectivity index (χ1) is 10.0. The summed E-state index contributed by atoms with van der Waals surface area (Å²) in [4.78, 5) is 25.1. The Morgan fingerprint density at radius 2 is 2.00 bits per heavy atom. The summed E-state index contributed by atoms with van der Waals surface area (Å²) in [5, 5.41) is 2.86. The minimum Gasteiger partial charge on any atom is -0.495 e. The van der Waals surface area contributed by atoms with E-state index in [1.165, 1.54) is 0 Å². The highest BCUT2D eigenvalue weighted by atomic mass is 16.5. The molecule has 21 heavy (non-hydrogen) atoms. The molecule has 1 saturated heterocycles. The van der Waals surface area contributed by atoms with Gasteiger partial charge in [0.25, 0.3) is 0 Å². The summed E-state index contributed by atoms with van der Waals surface area (Å²) in [6.45, 7) is 3.02. The number of ether oxygens (including phenoxy) is 1. The lowest BCUT2D eigenvalue weighted by atomic mass is 9.96. The molecule has 2 rings (SSSR count). The second-order valence-corrected chi connectivity index (χ2v) is 5.30. The number of carbonyl (C=O) groups is 2. The Morgan fingerprint density at radius 3 is 2.57 bits per heavy atom. The number of amides is 3. The van der Waals surface area contributed by atoms with E-state index in [0.29, 0.717) is 37.4 Å². The molecule has 0 aromatic heterocycles. The predicted octanol–water partition coefficient (Wildman–Crippen LogP) is 1.73. The highest BCUT2D eigenvalue weighted by molar-refractivity contribution is 5.91. The maximum absolute atomic E-state index is 12.3. The Balaban J connectivity index is 1.99. The van der Waals surface area contributed by atoms with E-state index >= 15 is 0 Å². The summed E-state index contributed by atoms with van der Waals surface area (Å²) >= 11 is 0. The van der Waals surface area contributed by atoms with Crippen molar-refractivity contribution in [1.82, 2.24) is 4.90 Å². The first-order valence-corrected chi connectivity index (χ1v) is 7.01. The molecule has 0 unspecified atom stereocenters. The van der Waals surface area contributed by atoms with E-state index in [1.807, 2.05) is 25.1 Å². The van der Waals surface area contributed by atoms with Crippen molar-refractivity contribution in [2.45, 2.75) is 19.8 Å². The molecular formula is C15H21N3O3. The Bertz CT molecular complexity index is 537. The lowest BCUT2D eigenvalue weighted by molar-refractivity contribution is -0.122. The van der Waals surface area contributed by atoms with Crippen LogP contribution in [0.25, 0.3) is 0 Å². The average Bonchev–Trinajstić information content (AvgIpc) is 2.47. The van der Waals surface area contributed by atoms with Crippen molar-refractivity contribution in [3.63, 3.8) is 0 Å². The molecule has 1 aromatic carbocycles. The van der Waals surface area contributed by atoms with Gasteiger partial charge in [-0.25, -0.2) is 4.79 Å². The Hall–Kier alpha value is -2.24. The van der Waals surface area contributed by atoms with Gasteiger partial charge in [-0.1, -0.05) is 6.07 Å². The number of aryl methyl sites for hydroxylation is 1. The fourth-order valence-corrected chi connectivity index (χ4v) is 2.48. The zero-order valence-corrected chi connectivity index (χ0v) is 12.4. The van der Waals surface area contributed by atoms with E-state index < -0.39 is 0 Å². The molecule has 6 nitrogen and oxygen atoms in total. The van der Waals surface area contributed by atoms with Crippen LogP contribution in [0.4, 0.5) is 10.5 Å². The number of anilines is 1. The van der Waals surface area contributed by atoms with Crippen LogP contribution in [-0.4, -0.2) is 37.0 Å². The summed E-state index contributed by atoms with van der Waals surface area (Å²) in [7, 11) is 1.57. The number of primary amides is 1. The van der Waals surface area contributed by atoms with Crippen LogP contribution in [0.5, 0.6) is 5.75 Å². The monoisotopic (exact) mass is 291 g/mol. The summed E-state index contributed by atoms with van der Waals surface area (Å²) in [5.41, 5.74) is 6.98. The minimum absolute atomic E-state index is 0.123. The molecule has 0 spiro atoms. The molecule has 0 radical (unpaired) electrons. The molecule has 0 atom stereocenters. The summed E-state index contributed by atoms with van der Waals surface area (Å²) in [6.07, 6.45) is 1.24. The summed E-state index contributed by atoms with van der Waals surface area (Å²) < 4.78 is 5.24. The Kier molecular flexibility index (Phi) is 4.67. The van der Waals surface area contributed by atoms with E-state index in [0.717, 1.165) is 5.56 Å². The van der Waals surface area contributed by atoms with Gasteiger partial charge in [0.2, 0.25) is 5.91 Å². The van der Waals surface area contributed by atoms with E-state index in [1.54, 1.807) is 12.0 Å². The molecule has 0 aliphatic carbocycles. The molecule has 0 bridgehead atoms. The lowest BCUT2D eigenvalue weighted by Crippen LogP contribution is -2.43. The van der Waals surface area contributed by atoms with Crippen LogP contribution >= 0.6 is 0 Å². The average molecular weight is 291 g/mol. The molecule has 1 aromatic rings. The van der Waals surface area contributed by atoms with Crippen molar-refractivity contribution in [2.24, 2.45) is 11.7 Å². The van der Waals surface area contributed by atoms with Crippen LogP contribution in [0.2, 0.25) is 0 Å². The molecule has 114 valence electrons. The first-order valence-electron chi connectivity index (χ1n) is 7.01. The quantitative estimate of drug-likeness (QED) is 0.889. The number of nitrogens with two attached hydrogens (primary N) is 1. The van der Waals surface area contributed by atoms with Crippen molar-refractivity contribution < 1.29 is 14.3 Å². The van der Waals surface area contributed by atoms with Crippen molar-refractivity contribution in [1.29, 1.82) is 0 Å². The second kappa shape index (κ2) is 6.47. The molecule has 1 aliphatic heterocycles. The van der Waals surface area contributed by atoms with E-state index in [2.05, 4.69) is 5.32 Å². The molecule has 6 heteroatoms. The number of nitrogens with zero attached hydrogens (tertiary/aromatic N) is 1. The van der Waals surface area contributed by atoms with Gasteiger partial charge < -0.3 is 20.7 Å². The van der Waals surface area contributed by atoms with Gasteiger partial charge in [0.1, 0.15) is 5.75 Å². The number of hydrogen-bond acceptors (Lipinski definition) is 3. The molecule has 1 fully saturated rings. The van der Waals surface area contributed by atoms with Crippen molar-refractivity contribution in [2.75, 3.05) is 25.5 Å². The number of piperidine rings is 1. The fraction of sp³-hybridized carbons (Fsp3) is 0.467. The molecular weight excluding hydrogens is 270 g/mol. The second-order valence-electron chi connectivity index (χ2n) is 5.30. The maximum Gasteiger partial charge on any atom is 0.321 e. The number of hydrogen-bond donors (Lipinski definition) is 2. The summed E-state index contributed by atoms with van der Waals surface area (Å²) in [5.74, 6) is 0.221. The Morgan fingerprint density at radius 1 is 1.33 bits per heavy atom. The number of rotatable bonds is 3. The minimum atomic E-state index is -0.282. The van der Waals surface area contributed by atoms with E-state index in [4.69, 9.17) is 10.5 Å². The number of nitrogens with one attached hydrogen (secondary N) is 1. The third-order valence-electron chi connectivity index (χ3n) is 3.78.